The number of imidazole rings is 1. The Kier molecular flexibility index (Phi) is 7.29. The summed E-state index contributed by atoms with van der Waals surface area (Å²) in [4.78, 5) is 6.75. The Hall–Kier alpha value is -2.56. The molecule has 150 valence electrons. The van der Waals surface area contributed by atoms with Crippen LogP contribution in [-0.4, -0.2) is 55.0 Å². The molecule has 0 spiro atoms. The highest BCUT2D eigenvalue weighted by molar-refractivity contribution is 5.46. The molecule has 2 heterocycles. The SMILES string of the molecule is COCCn1cncc1CN1CCCC(COc2ccc(C#N)cc2OC)C1. The van der Waals surface area contributed by atoms with Gasteiger partial charge in [-0.25, -0.2) is 4.98 Å². The first-order valence-electron chi connectivity index (χ1n) is 9.64. The van der Waals surface area contributed by atoms with Crippen LogP contribution in [-0.2, 0) is 17.8 Å². The van der Waals surface area contributed by atoms with Gasteiger partial charge in [-0.1, -0.05) is 0 Å². The Morgan fingerprint density at radius 3 is 2.96 bits per heavy atom. The van der Waals surface area contributed by atoms with Gasteiger partial charge < -0.3 is 18.8 Å². The van der Waals surface area contributed by atoms with Crippen LogP contribution in [0.5, 0.6) is 11.5 Å². The maximum atomic E-state index is 9.02. The molecule has 0 radical (unpaired) electrons. The fraction of sp³-hybridized carbons (Fsp3) is 0.524. The third-order valence-electron chi connectivity index (χ3n) is 5.09. The lowest BCUT2D eigenvalue weighted by molar-refractivity contribution is 0.120. The van der Waals surface area contributed by atoms with E-state index in [1.165, 1.54) is 5.69 Å². The van der Waals surface area contributed by atoms with Gasteiger partial charge in [0, 0.05) is 44.9 Å². The van der Waals surface area contributed by atoms with Gasteiger partial charge in [0.15, 0.2) is 11.5 Å². The minimum absolute atomic E-state index is 0.462. The van der Waals surface area contributed by atoms with Crippen LogP contribution in [0.4, 0.5) is 0 Å². The lowest BCUT2D eigenvalue weighted by Gasteiger charge is -2.32. The van der Waals surface area contributed by atoms with Crippen molar-refractivity contribution in [2.45, 2.75) is 25.9 Å². The van der Waals surface area contributed by atoms with E-state index < -0.39 is 0 Å². The predicted octanol–water partition coefficient (Wildman–Crippen LogP) is 2.70. The number of methoxy groups -OCH3 is 2. The van der Waals surface area contributed by atoms with E-state index in [-0.39, 0.29) is 0 Å². The van der Waals surface area contributed by atoms with Crippen molar-refractivity contribution in [1.29, 1.82) is 5.26 Å². The summed E-state index contributed by atoms with van der Waals surface area (Å²) in [7, 11) is 3.31. The second-order valence-electron chi connectivity index (χ2n) is 7.10. The monoisotopic (exact) mass is 384 g/mol. The van der Waals surface area contributed by atoms with E-state index >= 15 is 0 Å². The first kappa shape index (κ1) is 20.2. The molecular formula is C21H28N4O3. The molecule has 28 heavy (non-hydrogen) atoms. The zero-order chi connectivity index (χ0) is 19.8. The van der Waals surface area contributed by atoms with Gasteiger partial charge in [-0.15, -0.1) is 0 Å². The van der Waals surface area contributed by atoms with E-state index in [0.717, 1.165) is 39.0 Å². The van der Waals surface area contributed by atoms with E-state index in [0.29, 0.717) is 36.2 Å². The van der Waals surface area contributed by atoms with Gasteiger partial charge in [-0.2, -0.15) is 5.26 Å². The van der Waals surface area contributed by atoms with E-state index in [1.807, 2.05) is 18.6 Å². The number of benzene rings is 1. The smallest absolute Gasteiger partial charge is 0.162 e. The van der Waals surface area contributed by atoms with Crippen LogP contribution >= 0.6 is 0 Å². The van der Waals surface area contributed by atoms with E-state index in [2.05, 4.69) is 20.5 Å². The summed E-state index contributed by atoms with van der Waals surface area (Å²) in [6.07, 6.45) is 6.12. The molecule has 1 aliphatic heterocycles. The van der Waals surface area contributed by atoms with Crippen molar-refractivity contribution in [3.63, 3.8) is 0 Å². The molecule has 7 nitrogen and oxygen atoms in total. The topological polar surface area (TPSA) is 72.5 Å². The molecule has 1 aliphatic rings. The predicted molar refractivity (Wildman–Crippen MR) is 105 cm³/mol. The third-order valence-corrected chi connectivity index (χ3v) is 5.09. The Morgan fingerprint density at radius 2 is 2.18 bits per heavy atom. The molecule has 0 N–H and O–H groups in total. The summed E-state index contributed by atoms with van der Waals surface area (Å²) in [5.74, 6) is 1.76. The second kappa shape index (κ2) is 10.1. The standard InChI is InChI=1S/C21H28N4O3/c1-26-9-8-25-16-23-12-19(25)14-24-7-3-4-18(13-24)15-28-20-6-5-17(11-22)10-21(20)27-2/h5-6,10,12,16,18H,3-4,7-9,13-15H2,1-2H3. The lowest BCUT2D eigenvalue weighted by atomic mass is 9.99. The van der Waals surface area contributed by atoms with Crippen LogP contribution in [0.3, 0.4) is 0 Å². The molecule has 7 heteroatoms. The van der Waals surface area contributed by atoms with Crippen molar-refractivity contribution in [1.82, 2.24) is 14.5 Å². The molecule has 1 aromatic heterocycles. The molecule has 0 saturated carbocycles. The van der Waals surface area contributed by atoms with Crippen LogP contribution in [0.15, 0.2) is 30.7 Å². The second-order valence-corrected chi connectivity index (χ2v) is 7.10. The molecule has 2 aromatic rings. The summed E-state index contributed by atoms with van der Waals surface area (Å²) in [5.41, 5.74) is 1.78. The number of rotatable bonds is 9. The minimum atomic E-state index is 0.462. The van der Waals surface area contributed by atoms with Crippen molar-refractivity contribution >= 4 is 0 Å². The summed E-state index contributed by atoms with van der Waals surface area (Å²) in [6, 6.07) is 7.40. The van der Waals surface area contributed by atoms with Gasteiger partial charge in [0.05, 0.1) is 44.0 Å². The van der Waals surface area contributed by atoms with Crippen LogP contribution in [0.25, 0.3) is 0 Å². The highest BCUT2D eigenvalue weighted by Crippen LogP contribution is 2.29. The highest BCUT2D eigenvalue weighted by Gasteiger charge is 2.22. The number of piperidine rings is 1. The van der Waals surface area contributed by atoms with E-state index in [9.17, 15) is 0 Å². The summed E-state index contributed by atoms with van der Waals surface area (Å²) >= 11 is 0. The zero-order valence-electron chi connectivity index (χ0n) is 16.6. The van der Waals surface area contributed by atoms with E-state index in [1.54, 1.807) is 26.4 Å². The highest BCUT2D eigenvalue weighted by atomic mass is 16.5. The molecule has 1 fully saturated rings. The van der Waals surface area contributed by atoms with Crippen molar-refractivity contribution in [3.8, 4) is 17.6 Å². The van der Waals surface area contributed by atoms with Gasteiger partial charge >= 0.3 is 0 Å². The van der Waals surface area contributed by atoms with Gasteiger partial charge in [0.25, 0.3) is 0 Å². The molecular weight excluding hydrogens is 356 g/mol. The molecule has 1 unspecified atom stereocenters. The maximum absolute atomic E-state index is 9.02. The number of ether oxygens (including phenoxy) is 3. The Bertz CT molecular complexity index is 799. The first-order chi connectivity index (χ1) is 13.7. The molecule has 0 aliphatic carbocycles. The van der Waals surface area contributed by atoms with Gasteiger partial charge in [0.2, 0.25) is 0 Å². The summed E-state index contributed by atoms with van der Waals surface area (Å²) in [5, 5.41) is 9.02. The number of nitrogens with zero attached hydrogens (tertiary/aromatic N) is 4. The quantitative estimate of drug-likeness (QED) is 0.662. The minimum Gasteiger partial charge on any atom is -0.493 e. The average molecular weight is 384 g/mol. The zero-order valence-corrected chi connectivity index (χ0v) is 16.6. The Balaban J connectivity index is 1.54. The number of likely N-dealkylation sites (tertiary alicyclic amines) is 1. The first-order valence-corrected chi connectivity index (χ1v) is 9.64. The lowest BCUT2D eigenvalue weighted by Crippen LogP contribution is -2.37. The largest absolute Gasteiger partial charge is 0.493 e. The van der Waals surface area contributed by atoms with Crippen LogP contribution in [0, 0.1) is 17.2 Å². The molecule has 3 rings (SSSR count). The number of hydrogen-bond acceptors (Lipinski definition) is 6. The average Bonchev–Trinajstić information content (AvgIpc) is 3.17. The summed E-state index contributed by atoms with van der Waals surface area (Å²) < 4.78 is 18.7. The Morgan fingerprint density at radius 1 is 1.29 bits per heavy atom. The van der Waals surface area contributed by atoms with Gasteiger partial charge in [-0.05, 0) is 31.5 Å². The normalized spacial score (nSPS) is 17.2. The van der Waals surface area contributed by atoms with Crippen molar-refractivity contribution in [2.24, 2.45) is 5.92 Å². The van der Waals surface area contributed by atoms with Crippen molar-refractivity contribution in [2.75, 3.05) is 40.5 Å². The molecule has 1 saturated heterocycles. The molecule has 1 aromatic carbocycles. The molecule has 0 amide bonds. The third kappa shape index (κ3) is 5.24. The number of aromatic nitrogens is 2. The van der Waals surface area contributed by atoms with Crippen molar-refractivity contribution < 1.29 is 14.2 Å². The van der Waals surface area contributed by atoms with E-state index in [4.69, 9.17) is 19.5 Å². The van der Waals surface area contributed by atoms with Crippen LogP contribution in [0.1, 0.15) is 24.1 Å². The van der Waals surface area contributed by atoms with Crippen LogP contribution < -0.4 is 9.47 Å². The van der Waals surface area contributed by atoms with Crippen molar-refractivity contribution in [3.05, 3.63) is 42.0 Å². The summed E-state index contributed by atoms with van der Waals surface area (Å²) in [6.45, 7) is 5.12. The number of hydrogen-bond donors (Lipinski definition) is 0. The van der Waals surface area contributed by atoms with Gasteiger partial charge in [-0.3, -0.25) is 4.90 Å². The maximum Gasteiger partial charge on any atom is 0.162 e. The van der Waals surface area contributed by atoms with Crippen LogP contribution in [0.2, 0.25) is 0 Å². The van der Waals surface area contributed by atoms with Gasteiger partial charge in [0.1, 0.15) is 0 Å². The molecule has 0 bridgehead atoms. The molecule has 1 atom stereocenters. The fourth-order valence-corrected chi connectivity index (χ4v) is 3.59. The fourth-order valence-electron chi connectivity index (χ4n) is 3.59. The number of nitriles is 1. The Labute approximate surface area is 166 Å².